The van der Waals surface area contributed by atoms with Crippen molar-refractivity contribution < 1.29 is 19.0 Å². The lowest BCUT2D eigenvalue weighted by Crippen LogP contribution is -2.35. The van der Waals surface area contributed by atoms with Crippen LogP contribution in [0.15, 0.2) is 66.7 Å². The molecule has 0 unspecified atom stereocenters. The van der Waals surface area contributed by atoms with Gasteiger partial charge in [-0.15, -0.1) is 0 Å². The second-order valence-electron chi connectivity index (χ2n) is 7.57. The highest BCUT2D eigenvalue weighted by atomic mass is 16.5. The third-order valence-electron chi connectivity index (χ3n) is 5.56. The first-order chi connectivity index (χ1) is 15.2. The van der Waals surface area contributed by atoms with E-state index in [2.05, 4.69) is 0 Å². The van der Waals surface area contributed by atoms with Crippen LogP contribution in [0.25, 0.3) is 11.1 Å². The molecular formula is C26H27NO4. The molecule has 3 aromatic rings. The molecule has 0 saturated carbocycles. The lowest BCUT2D eigenvalue weighted by molar-refractivity contribution is 0.0724. The van der Waals surface area contributed by atoms with Gasteiger partial charge in [-0.25, -0.2) is 0 Å². The number of nitrogens with zero attached hydrogens (tertiary/aromatic N) is 1. The van der Waals surface area contributed by atoms with E-state index in [-0.39, 0.29) is 5.91 Å². The Morgan fingerprint density at radius 3 is 1.94 bits per heavy atom. The Hall–Kier alpha value is -3.47. The topological polar surface area (TPSA) is 48.0 Å². The van der Waals surface area contributed by atoms with Gasteiger partial charge in [0.15, 0.2) is 0 Å². The number of methoxy groups -OCH3 is 2. The number of hydrogen-bond donors (Lipinski definition) is 0. The first kappa shape index (κ1) is 20.8. The van der Waals surface area contributed by atoms with E-state index in [0.29, 0.717) is 17.1 Å². The smallest absolute Gasteiger partial charge is 0.253 e. The monoisotopic (exact) mass is 417 g/mol. The summed E-state index contributed by atoms with van der Waals surface area (Å²) in [6.07, 6.45) is 3.31. The zero-order chi connectivity index (χ0) is 21.6. The van der Waals surface area contributed by atoms with Crippen LogP contribution in [-0.2, 0) is 0 Å². The van der Waals surface area contributed by atoms with Crippen LogP contribution >= 0.6 is 0 Å². The molecule has 1 aliphatic heterocycles. The van der Waals surface area contributed by atoms with Crippen molar-refractivity contribution >= 4 is 5.91 Å². The summed E-state index contributed by atoms with van der Waals surface area (Å²) in [6, 6.07) is 20.9. The summed E-state index contributed by atoms with van der Waals surface area (Å²) in [5, 5.41) is 0. The van der Waals surface area contributed by atoms with Crippen LogP contribution in [0.4, 0.5) is 0 Å². The Morgan fingerprint density at radius 1 is 0.742 bits per heavy atom. The summed E-state index contributed by atoms with van der Waals surface area (Å²) in [6.45, 7) is 1.63. The quantitative estimate of drug-likeness (QED) is 0.509. The molecule has 1 saturated heterocycles. The van der Waals surface area contributed by atoms with Gasteiger partial charge in [0.1, 0.15) is 23.0 Å². The number of amides is 1. The van der Waals surface area contributed by atoms with Gasteiger partial charge < -0.3 is 19.1 Å². The molecule has 0 aliphatic carbocycles. The van der Waals surface area contributed by atoms with Crippen LogP contribution < -0.4 is 14.2 Å². The van der Waals surface area contributed by atoms with E-state index < -0.39 is 0 Å². The van der Waals surface area contributed by atoms with Crippen LogP contribution in [0.5, 0.6) is 23.0 Å². The second-order valence-corrected chi connectivity index (χ2v) is 7.57. The molecule has 3 aromatic carbocycles. The normalized spacial score (nSPS) is 13.5. The van der Waals surface area contributed by atoms with Gasteiger partial charge in [0.25, 0.3) is 5.91 Å². The Bertz CT molecular complexity index is 1020. The summed E-state index contributed by atoms with van der Waals surface area (Å²) >= 11 is 0. The molecule has 0 N–H and O–H groups in total. The lowest BCUT2D eigenvalue weighted by atomic mass is 10.0. The molecule has 1 heterocycles. The summed E-state index contributed by atoms with van der Waals surface area (Å²) < 4.78 is 16.8. The van der Waals surface area contributed by atoms with Crippen molar-refractivity contribution in [3.05, 3.63) is 72.3 Å². The standard InChI is InChI=1S/C26H27NO4/c1-29-21-9-6-19(7-10-21)24-15-8-20(26(28)27-16-4-3-5-17-27)18-25(24)31-23-13-11-22(30-2)12-14-23/h6-15,18H,3-5,16-17H2,1-2H3. The lowest BCUT2D eigenvalue weighted by Gasteiger charge is -2.27. The van der Waals surface area contributed by atoms with Crippen molar-refractivity contribution in [2.45, 2.75) is 19.3 Å². The van der Waals surface area contributed by atoms with Gasteiger partial charge in [-0.2, -0.15) is 0 Å². The van der Waals surface area contributed by atoms with Gasteiger partial charge in [0.05, 0.1) is 14.2 Å². The molecule has 0 aromatic heterocycles. The molecular weight excluding hydrogens is 390 g/mol. The van der Waals surface area contributed by atoms with E-state index in [4.69, 9.17) is 14.2 Å². The van der Waals surface area contributed by atoms with Crippen molar-refractivity contribution in [3.63, 3.8) is 0 Å². The first-order valence-electron chi connectivity index (χ1n) is 10.6. The van der Waals surface area contributed by atoms with Gasteiger partial charge in [-0.3, -0.25) is 4.79 Å². The third-order valence-corrected chi connectivity index (χ3v) is 5.56. The highest BCUT2D eigenvalue weighted by Crippen LogP contribution is 2.36. The van der Waals surface area contributed by atoms with Gasteiger partial charge in [-0.1, -0.05) is 12.1 Å². The molecule has 4 rings (SSSR count). The average molecular weight is 418 g/mol. The molecule has 0 bridgehead atoms. The van der Waals surface area contributed by atoms with Crippen LogP contribution in [0.1, 0.15) is 29.6 Å². The van der Waals surface area contributed by atoms with E-state index in [1.807, 2.05) is 71.6 Å². The van der Waals surface area contributed by atoms with Crippen molar-refractivity contribution in [1.82, 2.24) is 4.90 Å². The number of benzene rings is 3. The van der Waals surface area contributed by atoms with Gasteiger partial charge in [-0.05, 0) is 79.4 Å². The van der Waals surface area contributed by atoms with Crippen molar-refractivity contribution in [2.24, 2.45) is 0 Å². The van der Waals surface area contributed by atoms with Crippen molar-refractivity contribution in [2.75, 3.05) is 27.3 Å². The molecule has 1 amide bonds. The zero-order valence-electron chi connectivity index (χ0n) is 18.0. The summed E-state index contributed by atoms with van der Waals surface area (Å²) in [5.41, 5.74) is 2.54. The molecule has 0 radical (unpaired) electrons. The number of likely N-dealkylation sites (tertiary alicyclic amines) is 1. The molecule has 160 valence electrons. The third kappa shape index (κ3) is 4.82. The molecule has 0 spiro atoms. The predicted octanol–water partition coefficient (Wildman–Crippen LogP) is 5.79. The van der Waals surface area contributed by atoms with Crippen LogP contribution in [0, 0.1) is 0 Å². The molecule has 0 atom stereocenters. The number of rotatable bonds is 6. The predicted molar refractivity (Wildman–Crippen MR) is 121 cm³/mol. The Labute approximate surface area is 183 Å². The molecule has 31 heavy (non-hydrogen) atoms. The summed E-state index contributed by atoms with van der Waals surface area (Å²) in [4.78, 5) is 15.0. The van der Waals surface area contributed by atoms with Crippen LogP contribution in [-0.4, -0.2) is 38.1 Å². The number of ether oxygens (including phenoxy) is 3. The summed E-state index contributed by atoms with van der Waals surface area (Å²) in [7, 11) is 3.28. The maximum absolute atomic E-state index is 13.1. The van der Waals surface area contributed by atoms with E-state index >= 15 is 0 Å². The molecule has 5 heteroatoms. The Morgan fingerprint density at radius 2 is 1.32 bits per heavy atom. The van der Waals surface area contributed by atoms with E-state index in [9.17, 15) is 4.79 Å². The maximum Gasteiger partial charge on any atom is 0.253 e. The van der Waals surface area contributed by atoms with E-state index in [0.717, 1.165) is 48.6 Å². The number of hydrogen-bond acceptors (Lipinski definition) is 4. The number of carbonyl (C=O) groups is 1. The highest BCUT2D eigenvalue weighted by Gasteiger charge is 2.20. The first-order valence-corrected chi connectivity index (χ1v) is 10.6. The zero-order valence-corrected chi connectivity index (χ0v) is 18.0. The number of carbonyl (C=O) groups excluding carboxylic acids is 1. The largest absolute Gasteiger partial charge is 0.497 e. The van der Waals surface area contributed by atoms with Gasteiger partial charge >= 0.3 is 0 Å². The van der Waals surface area contributed by atoms with Gasteiger partial charge in [0, 0.05) is 24.2 Å². The highest BCUT2D eigenvalue weighted by molar-refractivity contribution is 5.95. The SMILES string of the molecule is COc1ccc(Oc2cc(C(=O)N3CCCCC3)ccc2-c2ccc(OC)cc2)cc1. The summed E-state index contributed by atoms with van der Waals surface area (Å²) in [5.74, 6) is 2.92. The van der Waals surface area contributed by atoms with Crippen molar-refractivity contribution in [3.8, 4) is 34.1 Å². The van der Waals surface area contributed by atoms with Gasteiger partial charge in [0.2, 0.25) is 0 Å². The van der Waals surface area contributed by atoms with E-state index in [1.54, 1.807) is 14.2 Å². The fourth-order valence-corrected chi connectivity index (χ4v) is 3.80. The fourth-order valence-electron chi connectivity index (χ4n) is 3.80. The minimum absolute atomic E-state index is 0.0561. The molecule has 5 nitrogen and oxygen atoms in total. The Balaban J connectivity index is 1.69. The van der Waals surface area contributed by atoms with Crippen LogP contribution in [0.2, 0.25) is 0 Å². The van der Waals surface area contributed by atoms with Crippen molar-refractivity contribution in [1.29, 1.82) is 0 Å². The minimum atomic E-state index is 0.0561. The second kappa shape index (κ2) is 9.56. The maximum atomic E-state index is 13.1. The fraction of sp³-hybridized carbons (Fsp3) is 0.269. The molecule has 1 fully saturated rings. The van der Waals surface area contributed by atoms with Crippen LogP contribution in [0.3, 0.4) is 0 Å². The molecule has 1 aliphatic rings. The average Bonchev–Trinajstić information content (AvgIpc) is 2.84. The number of piperidine rings is 1. The van der Waals surface area contributed by atoms with E-state index in [1.165, 1.54) is 6.42 Å². The minimum Gasteiger partial charge on any atom is -0.497 e. The Kier molecular flexibility index (Phi) is 6.41.